The Labute approximate surface area is 122 Å². The topological polar surface area (TPSA) is 47.6 Å². The summed E-state index contributed by atoms with van der Waals surface area (Å²) in [6.45, 7) is 2.32. The summed E-state index contributed by atoms with van der Waals surface area (Å²) in [6, 6.07) is 14.5. The summed E-state index contributed by atoms with van der Waals surface area (Å²) in [4.78, 5) is 0. The molecule has 104 valence electrons. The first-order chi connectivity index (χ1) is 9.76. The van der Waals surface area contributed by atoms with Crippen LogP contribution in [0.2, 0.25) is 0 Å². The average Bonchev–Trinajstić information content (AvgIpc) is 2.50. The second kappa shape index (κ2) is 7.11. The van der Waals surface area contributed by atoms with Crippen LogP contribution in [0, 0.1) is 40.4 Å². The van der Waals surface area contributed by atoms with E-state index in [1.807, 2.05) is 18.2 Å². The Morgan fingerprint density at radius 1 is 1.10 bits per heavy atom. The van der Waals surface area contributed by atoms with Crippen LogP contribution < -0.4 is 0 Å². The van der Waals surface area contributed by atoms with Crippen LogP contribution in [-0.2, 0) is 0 Å². The fourth-order valence-electron chi connectivity index (χ4n) is 3.44. The van der Waals surface area contributed by atoms with Gasteiger partial charge in [0.1, 0.15) is 5.92 Å². The smallest absolute Gasteiger partial charge is 0.140 e. The van der Waals surface area contributed by atoms with Crippen LogP contribution in [-0.4, -0.2) is 0 Å². The molecule has 0 saturated heterocycles. The van der Waals surface area contributed by atoms with Gasteiger partial charge in [-0.2, -0.15) is 10.5 Å². The number of hydrogen-bond acceptors (Lipinski definition) is 2. The lowest BCUT2D eigenvalue weighted by Crippen LogP contribution is -2.22. The van der Waals surface area contributed by atoms with E-state index in [0.29, 0.717) is 11.8 Å². The first-order valence-corrected chi connectivity index (χ1v) is 7.60. The van der Waals surface area contributed by atoms with E-state index in [-0.39, 0.29) is 5.92 Å². The highest BCUT2D eigenvalue weighted by Gasteiger charge is 2.30. The zero-order valence-electron chi connectivity index (χ0n) is 12.1. The van der Waals surface area contributed by atoms with Gasteiger partial charge in [-0.25, -0.2) is 0 Å². The molecule has 0 heterocycles. The molecule has 2 heteroatoms. The van der Waals surface area contributed by atoms with Crippen molar-refractivity contribution in [3.05, 3.63) is 35.9 Å². The van der Waals surface area contributed by atoms with Gasteiger partial charge in [0, 0.05) is 5.92 Å². The summed E-state index contributed by atoms with van der Waals surface area (Å²) in [7, 11) is 0. The maximum absolute atomic E-state index is 9.28. The first kappa shape index (κ1) is 14.6. The number of benzene rings is 1. The maximum atomic E-state index is 9.28. The van der Waals surface area contributed by atoms with E-state index in [1.54, 1.807) is 0 Å². The second-order valence-corrected chi connectivity index (χ2v) is 6.01. The molecule has 0 aliphatic heterocycles. The molecule has 0 N–H and O–H groups in total. The molecule has 0 bridgehead atoms. The SMILES string of the molecule is C[C@H]1CCCC[C@H]1CC(c1ccccc1)C(C#N)C#N. The van der Waals surface area contributed by atoms with Crippen molar-refractivity contribution < 1.29 is 0 Å². The molecule has 2 nitrogen and oxygen atoms in total. The van der Waals surface area contributed by atoms with E-state index in [0.717, 1.165) is 12.0 Å². The van der Waals surface area contributed by atoms with Crippen molar-refractivity contribution in [1.29, 1.82) is 10.5 Å². The van der Waals surface area contributed by atoms with Gasteiger partial charge in [-0.1, -0.05) is 62.9 Å². The van der Waals surface area contributed by atoms with Gasteiger partial charge < -0.3 is 0 Å². The van der Waals surface area contributed by atoms with Gasteiger partial charge >= 0.3 is 0 Å². The van der Waals surface area contributed by atoms with E-state index >= 15 is 0 Å². The Balaban J connectivity index is 2.19. The molecule has 1 aromatic rings. The molecule has 1 aliphatic rings. The van der Waals surface area contributed by atoms with E-state index in [2.05, 4.69) is 31.2 Å². The molecule has 2 rings (SSSR count). The molecule has 3 atom stereocenters. The first-order valence-electron chi connectivity index (χ1n) is 7.60. The summed E-state index contributed by atoms with van der Waals surface area (Å²) in [5, 5.41) is 18.6. The predicted molar refractivity (Wildman–Crippen MR) is 79.6 cm³/mol. The van der Waals surface area contributed by atoms with Crippen LogP contribution >= 0.6 is 0 Å². The van der Waals surface area contributed by atoms with E-state index in [1.165, 1.54) is 25.7 Å². The van der Waals surface area contributed by atoms with Crippen molar-refractivity contribution >= 4 is 0 Å². The summed E-state index contributed by atoms with van der Waals surface area (Å²) in [6.07, 6.45) is 6.12. The lowest BCUT2D eigenvalue weighted by atomic mass is 9.72. The van der Waals surface area contributed by atoms with E-state index in [9.17, 15) is 10.5 Å². The molecule has 20 heavy (non-hydrogen) atoms. The van der Waals surface area contributed by atoms with Crippen LogP contribution in [0.5, 0.6) is 0 Å². The zero-order chi connectivity index (χ0) is 14.4. The van der Waals surface area contributed by atoms with Gasteiger partial charge in [-0.3, -0.25) is 0 Å². The van der Waals surface area contributed by atoms with Gasteiger partial charge in [0.25, 0.3) is 0 Å². The van der Waals surface area contributed by atoms with Crippen molar-refractivity contribution in [2.75, 3.05) is 0 Å². The molecule has 1 fully saturated rings. The summed E-state index contributed by atoms with van der Waals surface area (Å²) in [5.74, 6) is 0.884. The van der Waals surface area contributed by atoms with Crippen molar-refractivity contribution in [1.82, 2.24) is 0 Å². The monoisotopic (exact) mass is 266 g/mol. The number of nitrogens with zero attached hydrogens (tertiary/aromatic N) is 2. The fourth-order valence-corrected chi connectivity index (χ4v) is 3.44. The van der Waals surface area contributed by atoms with Crippen molar-refractivity contribution in [3.8, 4) is 12.1 Å². The Morgan fingerprint density at radius 2 is 1.75 bits per heavy atom. The van der Waals surface area contributed by atoms with E-state index < -0.39 is 5.92 Å². The van der Waals surface area contributed by atoms with Crippen LogP contribution in [0.4, 0.5) is 0 Å². The normalized spacial score (nSPS) is 23.8. The third kappa shape index (κ3) is 3.40. The third-order valence-electron chi connectivity index (χ3n) is 4.75. The minimum absolute atomic E-state index is 0.0525. The molecule has 0 radical (unpaired) electrons. The van der Waals surface area contributed by atoms with Crippen LogP contribution in [0.1, 0.15) is 50.5 Å². The highest BCUT2D eigenvalue weighted by Crippen LogP contribution is 2.39. The molecular weight excluding hydrogens is 244 g/mol. The maximum Gasteiger partial charge on any atom is 0.140 e. The molecule has 0 aromatic heterocycles. The quantitative estimate of drug-likeness (QED) is 0.796. The fraction of sp³-hybridized carbons (Fsp3) is 0.556. The Kier molecular flexibility index (Phi) is 5.19. The van der Waals surface area contributed by atoms with Crippen molar-refractivity contribution in [2.24, 2.45) is 17.8 Å². The van der Waals surface area contributed by atoms with Gasteiger partial charge in [0.15, 0.2) is 0 Å². The lowest BCUT2D eigenvalue weighted by Gasteiger charge is -2.32. The summed E-state index contributed by atoms with van der Waals surface area (Å²) in [5.41, 5.74) is 1.14. The third-order valence-corrected chi connectivity index (χ3v) is 4.75. The Bertz CT molecular complexity index is 480. The van der Waals surface area contributed by atoms with Crippen LogP contribution in [0.3, 0.4) is 0 Å². The van der Waals surface area contributed by atoms with Crippen molar-refractivity contribution in [3.63, 3.8) is 0 Å². The number of nitriles is 2. The van der Waals surface area contributed by atoms with Crippen LogP contribution in [0.25, 0.3) is 0 Å². The number of rotatable bonds is 4. The molecular formula is C18H22N2. The van der Waals surface area contributed by atoms with E-state index in [4.69, 9.17) is 0 Å². The van der Waals surface area contributed by atoms with Gasteiger partial charge in [0.05, 0.1) is 12.1 Å². The Hall–Kier alpha value is -1.80. The van der Waals surface area contributed by atoms with Crippen molar-refractivity contribution in [2.45, 2.75) is 44.9 Å². The molecule has 1 saturated carbocycles. The molecule has 1 unspecified atom stereocenters. The minimum atomic E-state index is -0.536. The van der Waals surface area contributed by atoms with Crippen LogP contribution in [0.15, 0.2) is 30.3 Å². The Morgan fingerprint density at radius 3 is 2.35 bits per heavy atom. The minimum Gasteiger partial charge on any atom is -0.197 e. The molecule has 1 aliphatic carbocycles. The molecule has 0 amide bonds. The average molecular weight is 266 g/mol. The highest BCUT2D eigenvalue weighted by molar-refractivity contribution is 5.25. The summed E-state index contributed by atoms with van der Waals surface area (Å²) >= 11 is 0. The number of hydrogen-bond donors (Lipinski definition) is 0. The van der Waals surface area contributed by atoms with Gasteiger partial charge in [-0.15, -0.1) is 0 Å². The lowest BCUT2D eigenvalue weighted by molar-refractivity contribution is 0.224. The second-order valence-electron chi connectivity index (χ2n) is 6.01. The van der Waals surface area contributed by atoms with Gasteiger partial charge in [-0.05, 0) is 23.8 Å². The van der Waals surface area contributed by atoms with Gasteiger partial charge in [0.2, 0.25) is 0 Å². The standard InChI is InChI=1S/C18H22N2/c1-14-7-5-6-10-16(14)11-18(17(12-19)13-20)15-8-3-2-4-9-15/h2-4,8-9,14,16-18H,5-7,10-11H2,1H3/t14-,16-,18?/m0/s1. The largest absolute Gasteiger partial charge is 0.197 e. The predicted octanol–water partition coefficient (Wildman–Crippen LogP) is 4.65. The zero-order valence-corrected chi connectivity index (χ0v) is 12.1. The summed E-state index contributed by atoms with van der Waals surface area (Å²) < 4.78 is 0. The molecule has 0 spiro atoms. The highest BCUT2D eigenvalue weighted by atomic mass is 14.4. The molecule has 1 aromatic carbocycles.